The average Bonchev–Trinajstić information content (AvgIpc) is 2.97. The molecule has 2 aromatic rings. The van der Waals surface area contributed by atoms with Gasteiger partial charge in [0.25, 0.3) is 5.91 Å². The molecule has 0 radical (unpaired) electrons. The van der Waals surface area contributed by atoms with Crippen LogP contribution in [0.2, 0.25) is 0 Å². The van der Waals surface area contributed by atoms with Crippen LogP contribution in [0.4, 0.5) is 13.2 Å². The number of hydrogen-bond donors (Lipinski definition) is 0. The third-order valence-electron chi connectivity index (χ3n) is 4.21. The molecule has 3 nitrogen and oxygen atoms in total. The van der Waals surface area contributed by atoms with Gasteiger partial charge in [-0.25, -0.2) is 0 Å². The Morgan fingerprint density at radius 1 is 1.16 bits per heavy atom. The number of carbonyl (C=O) groups is 1. The number of hydrogen-bond acceptors (Lipinski definition) is 2. The molecule has 3 rings (SSSR count). The highest BCUT2D eigenvalue weighted by Crippen LogP contribution is 2.32. The minimum Gasteiger partial charge on any atom is -0.451 e. The lowest BCUT2D eigenvalue weighted by Gasteiger charge is -2.17. The number of nitrogens with zero attached hydrogens (tertiary/aromatic N) is 1. The fraction of sp³-hybridized carbons (Fsp3) is 0.389. The van der Waals surface area contributed by atoms with E-state index in [2.05, 4.69) is 6.26 Å². The van der Waals surface area contributed by atoms with Crippen LogP contribution in [0.3, 0.4) is 0 Å². The zero-order valence-corrected chi connectivity index (χ0v) is 14.6. The molecular formula is C18H19F3NO2S+. The quantitative estimate of drug-likeness (QED) is 0.747. The predicted octanol–water partition coefficient (Wildman–Crippen LogP) is 4.06. The molecule has 0 aliphatic carbocycles. The second-order valence-corrected chi connectivity index (χ2v) is 8.46. The Labute approximate surface area is 147 Å². The molecule has 1 aromatic carbocycles. The molecule has 1 aliphatic heterocycles. The average molecular weight is 370 g/mol. The SMILES string of the molecule is C[S+]1CCCN(C(=O)c2ccc(-c3cccc(C(F)(F)F)c3)o2)CC1. The summed E-state index contributed by atoms with van der Waals surface area (Å²) in [4.78, 5) is 14.4. The van der Waals surface area contributed by atoms with Gasteiger partial charge in [0.1, 0.15) is 17.3 Å². The van der Waals surface area contributed by atoms with Crippen molar-refractivity contribution in [1.82, 2.24) is 4.90 Å². The van der Waals surface area contributed by atoms with Crippen molar-refractivity contribution >= 4 is 16.8 Å². The van der Waals surface area contributed by atoms with E-state index in [1.165, 1.54) is 18.2 Å². The first-order valence-corrected chi connectivity index (χ1v) is 9.97. The topological polar surface area (TPSA) is 33.5 Å². The molecule has 134 valence electrons. The van der Waals surface area contributed by atoms with E-state index in [-0.39, 0.29) is 17.4 Å². The molecule has 1 fully saturated rings. The summed E-state index contributed by atoms with van der Waals surface area (Å²) in [6.45, 7) is 1.38. The van der Waals surface area contributed by atoms with Gasteiger partial charge in [-0.3, -0.25) is 4.79 Å². The van der Waals surface area contributed by atoms with Crippen LogP contribution in [0, 0.1) is 0 Å². The fourth-order valence-corrected chi connectivity index (χ4v) is 4.16. The largest absolute Gasteiger partial charge is 0.451 e. The van der Waals surface area contributed by atoms with Crippen LogP contribution in [-0.2, 0) is 17.1 Å². The smallest absolute Gasteiger partial charge is 0.416 e. The number of carbonyl (C=O) groups excluding carboxylic acids is 1. The molecule has 1 unspecified atom stereocenters. The maximum absolute atomic E-state index is 12.8. The molecule has 1 aromatic heterocycles. The van der Waals surface area contributed by atoms with Crippen molar-refractivity contribution < 1.29 is 22.4 Å². The lowest BCUT2D eigenvalue weighted by Crippen LogP contribution is -2.33. The molecular weight excluding hydrogens is 351 g/mol. The summed E-state index contributed by atoms with van der Waals surface area (Å²) >= 11 is 0. The van der Waals surface area contributed by atoms with Gasteiger partial charge in [0.15, 0.2) is 5.76 Å². The van der Waals surface area contributed by atoms with Crippen molar-refractivity contribution in [3.05, 3.63) is 47.7 Å². The van der Waals surface area contributed by atoms with Crippen LogP contribution in [-0.4, -0.2) is 41.7 Å². The van der Waals surface area contributed by atoms with Gasteiger partial charge in [-0.15, -0.1) is 0 Å². The highest BCUT2D eigenvalue weighted by Gasteiger charge is 2.31. The summed E-state index contributed by atoms with van der Waals surface area (Å²) in [6.07, 6.45) is -1.25. The van der Waals surface area contributed by atoms with E-state index < -0.39 is 11.7 Å². The summed E-state index contributed by atoms with van der Waals surface area (Å²) in [5.41, 5.74) is -0.434. The standard InChI is InChI=1S/C18H19F3NO2S/c1-25-10-3-8-22(9-11-25)17(23)16-7-6-15(24-16)13-4-2-5-14(12-13)18(19,20)21/h2,4-7,12H,3,8-11H2,1H3/q+1. The maximum atomic E-state index is 12.8. The lowest BCUT2D eigenvalue weighted by atomic mass is 10.1. The Bertz CT molecular complexity index is 757. The maximum Gasteiger partial charge on any atom is 0.416 e. The zero-order valence-electron chi connectivity index (χ0n) is 13.8. The molecule has 1 aliphatic rings. The van der Waals surface area contributed by atoms with Crippen LogP contribution in [0.15, 0.2) is 40.8 Å². The molecule has 1 amide bonds. The molecule has 1 atom stereocenters. The molecule has 0 N–H and O–H groups in total. The second-order valence-electron chi connectivity index (χ2n) is 6.08. The van der Waals surface area contributed by atoms with Crippen molar-refractivity contribution in [2.75, 3.05) is 30.9 Å². The highest BCUT2D eigenvalue weighted by atomic mass is 32.2. The van der Waals surface area contributed by atoms with Crippen molar-refractivity contribution in [2.45, 2.75) is 12.6 Å². The second kappa shape index (κ2) is 7.15. The van der Waals surface area contributed by atoms with Crippen molar-refractivity contribution in [3.63, 3.8) is 0 Å². The van der Waals surface area contributed by atoms with E-state index in [1.807, 2.05) is 0 Å². The van der Waals surface area contributed by atoms with Crippen LogP contribution < -0.4 is 0 Å². The van der Waals surface area contributed by atoms with Gasteiger partial charge in [0.05, 0.1) is 18.4 Å². The number of rotatable bonds is 2. The Kier molecular flexibility index (Phi) is 5.13. The Morgan fingerprint density at radius 3 is 2.72 bits per heavy atom. The van der Waals surface area contributed by atoms with Gasteiger partial charge in [0.2, 0.25) is 0 Å². The first-order chi connectivity index (χ1) is 11.8. The summed E-state index contributed by atoms with van der Waals surface area (Å²) in [7, 11) is 0.332. The monoisotopic (exact) mass is 370 g/mol. The fourth-order valence-electron chi connectivity index (χ4n) is 2.80. The zero-order chi connectivity index (χ0) is 18.0. The summed E-state index contributed by atoms with van der Waals surface area (Å²) in [5.74, 6) is 2.34. The number of amides is 1. The van der Waals surface area contributed by atoms with Gasteiger partial charge < -0.3 is 9.32 Å². The minimum atomic E-state index is -4.41. The van der Waals surface area contributed by atoms with Gasteiger partial charge in [-0.1, -0.05) is 12.1 Å². The number of halogens is 3. The first kappa shape index (κ1) is 17.9. The summed E-state index contributed by atoms with van der Waals surface area (Å²) < 4.78 is 44.1. The molecule has 2 heterocycles. The Hall–Kier alpha value is -1.89. The number of alkyl halides is 3. The van der Waals surface area contributed by atoms with E-state index in [0.29, 0.717) is 29.5 Å². The molecule has 25 heavy (non-hydrogen) atoms. The van der Waals surface area contributed by atoms with Crippen LogP contribution >= 0.6 is 0 Å². The van der Waals surface area contributed by atoms with E-state index >= 15 is 0 Å². The van der Waals surface area contributed by atoms with Crippen LogP contribution in [0.25, 0.3) is 11.3 Å². The van der Waals surface area contributed by atoms with E-state index in [9.17, 15) is 18.0 Å². The van der Waals surface area contributed by atoms with Gasteiger partial charge in [0, 0.05) is 18.5 Å². The van der Waals surface area contributed by atoms with Crippen molar-refractivity contribution in [2.24, 2.45) is 0 Å². The third-order valence-corrected chi connectivity index (χ3v) is 6.07. The van der Waals surface area contributed by atoms with E-state index in [4.69, 9.17) is 4.42 Å². The normalized spacial score (nSPS) is 18.9. The molecule has 0 bridgehead atoms. The Morgan fingerprint density at radius 2 is 1.96 bits per heavy atom. The minimum absolute atomic E-state index is 0.172. The van der Waals surface area contributed by atoms with Crippen molar-refractivity contribution in [3.8, 4) is 11.3 Å². The number of benzene rings is 1. The Balaban J connectivity index is 1.79. The van der Waals surface area contributed by atoms with Crippen molar-refractivity contribution in [1.29, 1.82) is 0 Å². The van der Waals surface area contributed by atoms with E-state index in [0.717, 1.165) is 30.1 Å². The van der Waals surface area contributed by atoms with E-state index in [1.54, 1.807) is 11.0 Å². The third kappa shape index (κ3) is 4.21. The van der Waals surface area contributed by atoms with Crippen LogP contribution in [0.1, 0.15) is 22.5 Å². The molecule has 7 heteroatoms. The summed E-state index contributed by atoms with van der Waals surface area (Å²) in [5, 5.41) is 0. The highest BCUT2D eigenvalue weighted by molar-refractivity contribution is 7.96. The lowest BCUT2D eigenvalue weighted by molar-refractivity contribution is -0.137. The van der Waals surface area contributed by atoms with Gasteiger partial charge in [-0.05, 0) is 35.2 Å². The molecule has 0 spiro atoms. The predicted molar refractivity (Wildman–Crippen MR) is 92.7 cm³/mol. The van der Waals surface area contributed by atoms with Gasteiger partial charge in [-0.2, -0.15) is 13.2 Å². The molecule has 1 saturated heterocycles. The first-order valence-electron chi connectivity index (χ1n) is 8.00. The van der Waals surface area contributed by atoms with Crippen LogP contribution in [0.5, 0.6) is 0 Å². The molecule has 0 saturated carbocycles. The number of furan rings is 1. The van der Waals surface area contributed by atoms with Gasteiger partial charge >= 0.3 is 6.18 Å². The summed E-state index contributed by atoms with van der Waals surface area (Å²) in [6, 6.07) is 8.00.